The fourth-order valence-corrected chi connectivity index (χ4v) is 2.48. The Bertz CT molecular complexity index is 722. The normalized spacial score (nSPS) is 15.6. The monoisotopic (exact) mass is 296 g/mol. The molecule has 3 rings (SSSR count). The largest absolute Gasteiger partial charge is 0.496 e. The van der Waals surface area contributed by atoms with Gasteiger partial charge in [-0.2, -0.15) is 5.26 Å². The number of anilines is 1. The molecule has 2 heterocycles. The number of hydrogen-bond acceptors (Lipinski definition) is 6. The van der Waals surface area contributed by atoms with E-state index in [1.165, 1.54) is 5.56 Å². The van der Waals surface area contributed by atoms with Gasteiger partial charge >= 0.3 is 0 Å². The van der Waals surface area contributed by atoms with Crippen LogP contribution in [-0.4, -0.2) is 23.4 Å². The van der Waals surface area contributed by atoms with Crippen LogP contribution in [-0.2, 0) is 13.0 Å². The Balaban J connectivity index is 1.77. The van der Waals surface area contributed by atoms with Crippen LogP contribution in [0.4, 0.5) is 5.82 Å². The van der Waals surface area contributed by atoms with E-state index in [0.717, 1.165) is 23.5 Å². The lowest BCUT2D eigenvalue weighted by Gasteiger charge is -2.12. The van der Waals surface area contributed by atoms with Gasteiger partial charge in [0.1, 0.15) is 29.5 Å². The van der Waals surface area contributed by atoms with E-state index in [9.17, 15) is 0 Å². The minimum Gasteiger partial charge on any atom is -0.496 e. The average molecular weight is 296 g/mol. The van der Waals surface area contributed by atoms with Crippen LogP contribution in [0.15, 0.2) is 24.3 Å². The molecule has 112 valence electrons. The number of rotatable bonds is 4. The smallest absolute Gasteiger partial charge is 0.163 e. The van der Waals surface area contributed by atoms with E-state index in [-0.39, 0.29) is 6.10 Å². The Hall–Kier alpha value is -2.81. The van der Waals surface area contributed by atoms with Crippen molar-refractivity contribution in [2.24, 2.45) is 0 Å². The van der Waals surface area contributed by atoms with E-state index in [0.29, 0.717) is 18.1 Å². The molecule has 1 unspecified atom stereocenters. The lowest BCUT2D eigenvalue weighted by Crippen LogP contribution is -2.05. The summed E-state index contributed by atoms with van der Waals surface area (Å²) in [6.45, 7) is 2.59. The summed E-state index contributed by atoms with van der Waals surface area (Å²) in [5.41, 5.74) is 2.45. The summed E-state index contributed by atoms with van der Waals surface area (Å²) in [5.74, 6) is 2.34. The van der Waals surface area contributed by atoms with Crippen molar-refractivity contribution in [1.29, 1.82) is 5.26 Å². The highest BCUT2D eigenvalue weighted by Gasteiger charge is 2.21. The maximum atomic E-state index is 8.71. The van der Waals surface area contributed by atoms with E-state index in [2.05, 4.69) is 22.4 Å². The quantitative estimate of drug-likeness (QED) is 0.932. The molecule has 0 amide bonds. The fraction of sp³-hybridized carbons (Fsp3) is 0.312. The van der Waals surface area contributed by atoms with Gasteiger partial charge in [0.2, 0.25) is 0 Å². The third-order valence-electron chi connectivity index (χ3n) is 3.54. The van der Waals surface area contributed by atoms with Crippen LogP contribution < -0.4 is 14.8 Å². The Kier molecular flexibility index (Phi) is 3.79. The van der Waals surface area contributed by atoms with Crippen molar-refractivity contribution in [3.8, 4) is 17.6 Å². The average Bonchev–Trinajstić information content (AvgIpc) is 2.91. The number of fused-ring (bicyclic) bond motifs is 1. The second kappa shape index (κ2) is 5.90. The maximum Gasteiger partial charge on any atom is 0.163 e. The number of aromatic nitrogens is 2. The molecule has 0 saturated carbocycles. The molecular formula is C16H16N4O2. The highest BCUT2D eigenvalue weighted by Crippen LogP contribution is 2.35. The number of nitriles is 1. The molecule has 1 N–H and O–H groups in total. The number of methoxy groups -OCH3 is 1. The molecule has 1 atom stereocenters. The van der Waals surface area contributed by atoms with Crippen molar-refractivity contribution in [1.82, 2.24) is 10.2 Å². The molecule has 6 nitrogen and oxygen atoms in total. The van der Waals surface area contributed by atoms with Gasteiger partial charge in [0, 0.05) is 24.1 Å². The van der Waals surface area contributed by atoms with E-state index in [1.807, 2.05) is 18.2 Å². The summed E-state index contributed by atoms with van der Waals surface area (Å²) in [6.07, 6.45) is 1.10. The second-order valence-electron chi connectivity index (χ2n) is 5.17. The summed E-state index contributed by atoms with van der Waals surface area (Å²) in [5, 5.41) is 19.6. The molecule has 0 radical (unpaired) electrons. The molecule has 1 aliphatic heterocycles. The predicted octanol–water partition coefficient (Wildman–Crippen LogP) is 2.29. The summed E-state index contributed by atoms with van der Waals surface area (Å²) < 4.78 is 11.2. The topological polar surface area (TPSA) is 80.1 Å². The maximum absolute atomic E-state index is 8.71. The molecule has 0 saturated heterocycles. The standard InChI is InChI=1S/C16H16N4O2/c1-10-5-11-6-14(21-2)12(7-15(11)22-10)9-18-16-4-3-13(8-17)19-20-16/h3-4,6-7,10H,5,9H2,1-2H3,(H,18,20). The first-order chi connectivity index (χ1) is 10.7. The first-order valence-corrected chi connectivity index (χ1v) is 7.03. The molecule has 1 aliphatic rings. The SMILES string of the molecule is COc1cc2c(cc1CNc1ccc(C#N)nn1)OC(C)C2. The van der Waals surface area contributed by atoms with Gasteiger partial charge in [0.15, 0.2) is 5.69 Å². The zero-order valence-electron chi connectivity index (χ0n) is 12.5. The van der Waals surface area contributed by atoms with Gasteiger partial charge in [-0.3, -0.25) is 0 Å². The van der Waals surface area contributed by atoms with Crippen molar-refractivity contribution in [2.45, 2.75) is 26.0 Å². The number of ether oxygens (including phenoxy) is 2. The van der Waals surface area contributed by atoms with Gasteiger partial charge in [-0.15, -0.1) is 10.2 Å². The number of hydrogen-bond donors (Lipinski definition) is 1. The molecule has 0 fully saturated rings. The van der Waals surface area contributed by atoms with Crippen molar-refractivity contribution < 1.29 is 9.47 Å². The summed E-state index contributed by atoms with van der Waals surface area (Å²) in [4.78, 5) is 0. The molecule has 0 spiro atoms. The van der Waals surface area contributed by atoms with Crippen LogP contribution in [0, 0.1) is 11.3 Å². The summed E-state index contributed by atoms with van der Waals surface area (Å²) >= 11 is 0. The first-order valence-electron chi connectivity index (χ1n) is 7.03. The number of nitrogens with zero attached hydrogens (tertiary/aromatic N) is 3. The second-order valence-corrected chi connectivity index (χ2v) is 5.17. The Morgan fingerprint density at radius 3 is 2.95 bits per heavy atom. The number of benzene rings is 1. The molecule has 1 aromatic heterocycles. The highest BCUT2D eigenvalue weighted by molar-refractivity contribution is 5.50. The van der Waals surface area contributed by atoms with E-state index < -0.39 is 0 Å². The minimum atomic E-state index is 0.201. The lowest BCUT2D eigenvalue weighted by atomic mass is 10.1. The van der Waals surface area contributed by atoms with Gasteiger partial charge in [-0.1, -0.05) is 0 Å². The Labute approximate surface area is 128 Å². The van der Waals surface area contributed by atoms with Gasteiger partial charge in [0.25, 0.3) is 0 Å². The molecule has 0 bridgehead atoms. The van der Waals surface area contributed by atoms with Crippen LogP contribution in [0.3, 0.4) is 0 Å². The minimum absolute atomic E-state index is 0.201. The van der Waals surface area contributed by atoms with Crippen molar-refractivity contribution in [3.63, 3.8) is 0 Å². The lowest BCUT2D eigenvalue weighted by molar-refractivity contribution is 0.254. The molecule has 2 aromatic rings. The first kappa shape index (κ1) is 14.1. The number of nitrogens with one attached hydrogen (secondary N) is 1. The summed E-state index contributed by atoms with van der Waals surface area (Å²) in [7, 11) is 1.66. The third kappa shape index (κ3) is 2.79. The van der Waals surface area contributed by atoms with Crippen molar-refractivity contribution in [2.75, 3.05) is 12.4 Å². The zero-order valence-corrected chi connectivity index (χ0v) is 12.5. The van der Waals surface area contributed by atoms with Crippen molar-refractivity contribution in [3.05, 3.63) is 41.1 Å². The predicted molar refractivity (Wildman–Crippen MR) is 80.9 cm³/mol. The van der Waals surface area contributed by atoms with Gasteiger partial charge in [0.05, 0.1) is 7.11 Å². The van der Waals surface area contributed by atoms with Crippen LogP contribution in [0.2, 0.25) is 0 Å². The van der Waals surface area contributed by atoms with Gasteiger partial charge in [-0.05, 0) is 31.2 Å². The molecule has 6 heteroatoms. The summed E-state index contributed by atoms with van der Waals surface area (Å²) in [6, 6.07) is 9.32. The highest BCUT2D eigenvalue weighted by atomic mass is 16.5. The fourth-order valence-electron chi connectivity index (χ4n) is 2.48. The van der Waals surface area contributed by atoms with Gasteiger partial charge < -0.3 is 14.8 Å². The van der Waals surface area contributed by atoms with Crippen LogP contribution in [0.1, 0.15) is 23.7 Å². The van der Waals surface area contributed by atoms with Crippen LogP contribution >= 0.6 is 0 Å². The van der Waals surface area contributed by atoms with Crippen LogP contribution in [0.25, 0.3) is 0 Å². The zero-order chi connectivity index (χ0) is 15.5. The van der Waals surface area contributed by atoms with E-state index >= 15 is 0 Å². The van der Waals surface area contributed by atoms with E-state index in [4.69, 9.17) is 14.7 Å². The van der Waals surface area contributed by atoms with Crippen molar-refractivity contribution >= 4 is 5.82 Å². The molecule has 22 heavy (non-hydrogen) atoms. The third-order valence-corrected chi connectivity index (χ3v) is 3.54. The molecule has 1 aromatic carbocycles. The van der Waals surface area contributed by atoms with Gasteiger partial charge in [-0.25, -0.2) is 0 Å². The van der Waals surface area contributed by atoms with E-state index in [1.54, 1.807) is 19.2 Å². The van der Waals surface area contributed by atoms with Crippen LogP contribution in [0.5, 0.6) is 11.5 Å². The molecular weight excluding hydrogens is 280 g/mol. The Morgan fingerprint density at radius 1 is 1.41 bits per heavy atom. The molecule has 0 aliphatic carbocycles. The Morgan fingerprint density at radius 2 is 2.27 bits per heavy atom.